The lowest BCUT2D eigenvalue weighted by atomic mass is 10.2. The van der Waals surface area contributed by atoms with E-state index in [4.69, 9.17) is 9.16 Å². The maximum atomic E-state index is 6.20. The van der Waals surface area contributed by atoms with Crippen molar-refractivity contribution in [2.45, 2.75) is 78.6 Å². The summed E-state index contributed by atoms with van der Waals surface area (Å²) in [5, 5.41) is 0.196. The summed E-state index contributed by atoms with van der Waals surface area (Å²) in [6.45, 7) is 19.4. The number of hydrogen-bond acceptors (Lipinski definition) is 2. The zero-order valence-corrected chi connectivity index (χ0v) is 14.1. The predicted octanol–water partition coefficient (Wildman–Crippen LogP) is 5.07. The largest absolute Gasteiger partial charge is 0.519 e. The average Bonchev–Trinajstić information content (AvgIpc) is 1.97. The molecule has 102 valence electrons. The summed E-state index contributed by atoms with van der Waals surface area (Å²) in [7, 11) is -1.80. The number of rotatable bonds is 4. The molecule has 0 fully saturated rings. The summed E-state index contributed by atoms with van der Waals surface area (Å²) >= 11 is 0. The molecule has 0 atom stereocenters. The first-order valence-electron chi connectivity index (χ1n) is 6.47. The van der Waals surface area contributed by atoms with Gasteiger partial charge in [0.15, 0.2) is 0 Å². The first-order valence-corrected chi connectivity index (χ1v) is 9.38. The number of hydrogen-bond donors (Lipinski definition) is 0. The second kappa shape index (κ2) is 5.47. The van der Waals surface area contributed by atoms with E-state index in [-0.39, 0.29) is 10.6 Å². The maximum absolute atomic E-state index is 6.20. The van der Waals surface area contributed by atoms with Crippen molar-refractivity contribution in [2.75, 3.05) is 0 Å². The quantitative estimate of drug-likeness (QED) is 0.517. The van der Waals surface area contributed by atoms with Gasteiger partial charge in [-0.1, -0.05) is 27.7 Å². The predicted molar refractivity (Wildman–Crippen MR) is 77.5 cm³/mol. The Labute approximate surface area is 109 Å². The summed E-state index contributed by atoms with van der Waals surface area (Å²) in [4.78, 5) is 0. The first-order chi connectivity index (χ1) is 7.39. The van der Waals surface area contributed by atoms with Crippen LogP contribution in [0.15, 0.2) is 12.0 Å². The van der Waals surface area contributed by atoms with Crippen molar-refractivity contribution in [2.24, 2.45) is 0 Å². The summed E-state index contributed by atoms with van der Waals surface area (Å²) in [5.41, 5.74) is -0.205. The smallest absolute Gasteiger partial charge is 0.261 e. The zero-order valence-electron chi connectivity index (χ0n) is 13.1. The van der Waals surface area contributed by atoms with Crippen LogP contribution in [0.3, 0.4) is 0 Å². The molecule has 0 aromatic rings. The van der Waals surface area contributed by atoms with E-state index in [1.54, 1.807) is 0 Å². The van der Waals surface area contributed by atoms with Crippen LogP contribution in [0.5, 0.6) is 0 Å². The van der Waals surface area contributed by atoms with Crippen molar-refractivity contribution in [3.8, 4) is 0 Å². The summed E-state index contributed by atoms with van der Waals surface area (Å²) in [6.07, 6.45) is 2.96. The van der Waals surface area contributed by atoms with Crippen molar-refractivity contribution in [3.05, 3.63) is 12.0 Å². The third-order valence-corrected chi connectivity index (χ3v) is 7.26. The van der Waals surface area contributed by atoms with Crippen LogP contribution in [0.1, 0.15) is 54.9 Å². The molecule has 0 aliphatic rings. The lowest BCUT2D eigenvalue weighted by Gasteiger charge is -2.38. The van der Waals surface area contributed by atoms with E-state index in [2.05, 4.69) is 40.8 Å². The molecule has 0 radical (unpaired) electrons. The maximum Gasteiger partial charge on any atom is 0.261 e. The molecule has 0 spiro atoms. The fourth-order valence-electron chi connectivity index (χ4n) is 0.977. The molecule has 0 aromatic heterocycles. The van der Waals surface area contributed by atoms with Gasteiger partial charge in [-0.05, 0) is 51.4 Å². The highest BCUT2D eigenvalue weighted by atomic mass is 28.4. The molecule has 2 nitrogen and oxygen atoms in total. The van der Waals surface area contributed by atoms with Crippen molar-refractivity contribution in [1.82, 2.24) is 0 Å². The van der Waals surface area contributed by atoms with Crippen LogP contribution in [0.2, 0.25) is 18.1 Å². The van der Waals surface area contributed by atoms with Crippen LogP contribution >= 0.6 is 0 Å². The third kappa shape index (κ3) is 6.15. The minimum atomic E-state index is -1.80. The SMILES string of the molecule is CC/C=C(\OC(C)(C)C)O[Si](C)(C)C(C)(C)C. The van der Waals surface area contributed by atoms with E-state index in [1.807, 2.05) is 26.8 Å². The van der Waals surface area contributed by atoms with Gasteiger partial charge < -0.3 is 9.16 Å². The molecular weight excluding hydrogens is 228 g/mol. The van der Waals surface area contributed by atoms with Crippen molar-refractivity contribution < 1.29 is 9.16 Å². The Balaban J connectivity index is 4.85. The minimum Gasteiger partial charge on any atom is -0.519 e. The second-order valence-electron chi connectivity index (χ2n) is 7.01. The third-order valence-electron chi connectivity index (χ3n) is 2.94. The highest BCUT2D eigenvalue weighted by Crippen LogP contribution is 2.38. The highest BCUT2D eigenvalue weighted by molar-refractivity contribution is 6.74. The molecule has 0 aliphatic carbocycles. The Morgan fingerprint density at radius 1 is 1.06 bits per heavy atom. The Hall–Kier alpha value is -0.443. The number of allylic oxidation sites excluding steroid dienone is 1. The topological polar surface area (TPSA) is 18.5 Å². The molecule has 0 saturated heterocycles. The molecule has 0 heterocycles. The van der Waals surface area contributed by atoms with Gasteiger partial charge in [0.05, 0.1) is 0 Å². The molecule has 0 bridgehead atoms. The Kier molecular flexibility index (Phi) is 5.32. The van der Waals surface area contributed by atoms with Gasteiger partial charge in [-0.15, -0.1) is 0 Å². The van der Waals surface area contributed by atoms with E-state index in [0.29, 0.717) is 5.95 Å². The molecule has 17 heavy (non-hydrogen) atoms. The molecule has 0 N–H and O–H groups in total. The summed E-state index contributed by atoms with van der Waals surface area (Å²) < 4.78 is 12.1. The Morgan fingerprint density at radius 3 is 1.82 bits per heavy atom. The van der Waals surface area contributed by atoms with Crippen molar-refractivity contribution in [1.29, 1.82) is 0 Å². The number of ether oxygens (including phenoxy) is 1. The molecular formula is C14H30O2Si. The highest BCUT2D eigenvalue weighted by Gasteiger charge is 2.40. The molecule has 0 amide bonds. The normalized spacial score (nSPS) is 14.8. The Morgan fingerprint density at radius 2 is 1.53 bits per heavy atom. The molecule has 0 saturated carbocycles. The van der Waals surface area contributed by atoms with E-state index < -0.39 is 8.32 Å². The monoisotopic (exact) mass is 258 g/mol. The van der Waals surface area contributed by atoms with Crippen LogP contribution in [0.4, 0.5) is 0 Å². The summed E-state index contributed by atoms with van der Waals surface area (Å²) in [6, 6.07) is 0. The second-order valence-corrected chi connectivity index (χ2v) is 11.7. The van der Waals surface area contributed by atoms with Gasteiger partial charge in [0, 0.05) is 0 Å². The van der Waals surface area contributed by atoms with Gasteiger partial charge in [0.25, 0.3) is 14.3 Å². The molecule has 0 unspecified atom stereocenters. The van der Waals surface area contributed by atoms with Gasteiger partial charge in [0.2, 0.25) is 0 Å². The fraction of sp³-hybridized carbons (Fsp3) is 0.857. The lowest BCUT2D eigenvalue weighted by Crippen LogP contribution is -2.41. The van der Waals surface area contributed by atoms with Gasteiger partial charge in [-0.2, -0.15) is 0 Å². The summed E-state index contributed by atoms with van der Waals surface area (Å²) in [5.74, 6) is 0.701. The molecule has 3 heteroatoms. The zero-order chi connectivity index (χ0) is 13.9. The first kappa shape index (κ1) is 16.6. The van der Waals surface area contributed by atoms with Crippen molar-refractivity contribution >= 4 is 8.32 Å². The van der Waals surface area contributed by atoms with Gasteiger partial charge in [-0.25, -0.2) is 0 Å². The van der Waals surface area contributed by atoms with E-state index in [9.17, 15) is 0 Å². The van der Waals surface area contributed by atoms with Gasteiger partial charge in [-0.3, -0.25) is 0 Å². The fourth-order valence-corrected chi connectivity index (χ4v) is 1.91. The minimum absolute atomic E-state index is 0.196. The van der Waals surface area contributed by atoms with Crippen LogP contribution in [0, 0.1) is 0 Å². The molecule has 0 aromatic carbocycles. The van der Waals surface area contributed by atoms with Crippen LogP contribution in [-0.2, 0) is 9.16 Å². The van der Waals surface area contributed by atoms with Crippen molar-refractivity contribution in [3.63, 3.8) is 0 Å². The lowest BCUT2D eigenvalue weighted by molar-refractivity contribution is -0.0108. The van der Waals surface area contributed by atoms with E-state index in [1.165, 1.54) is 0 Å². The van der Waals surface area contributed by atoms with Gasteiger partial charge >= 0.3 is 0 Å². The van der Waals surface area contributed by atoms with Gasteiger partial charge in [0.1, 0.15) is 5.60 Å². The van der Waals surface area contributed by atoms with Crippen LogP contribution < -0.4 is 0 Å². The molecule has 0 rings (SSSR count). The van der Waals surface area contributed by atoms with E-state index >= 15 is 0 Å². The van der Waals surface area contributed by atoms with Crippen LogP contribution in [-0.4, -0.2) is 13.9 Å². The van der Waals surface area contributed by atoms with E-state index in [0.717, 1.165) is 6.42 Å². The standard InChI is InChI=1S/C14H30O2Si/c1-10-11-12(15-13(2,3)4)16-17(8,9)14(5,6)7/h11H,10H2,1-9H3/b12-11+. The van der Waals surface area contributed by atoms with Crippen LogP contribution in [0.25, 0.3) is 0 Å². The molecule has 0 aliphatic heterocycles. The Bertz CT molecular complexity index is 267. The average molecular weight is 258 g/mol.